The van der Waals surface area contributed by atoms with Gasteiger partial charge in [0.05, 0.1) is 0 Å². The molecule has 0 saturated heterocycles. The Labute approximate surface area is 144 Å². The molecule has 0 radical (unpaired) electrons. The van der Waals surface area contributed by atoms with E-state index in [4.69, 9.17) is 5.73 Å². The fourth-order valence-corrected chi connectivity index (χ4v) is 3.62. The molecule has 1 saturated carbocycles. The van der Waals surface area contributed by atoms with Crippen molar-refractivity contribution in [3.05, 3.63) is 47.2 Å². The van der Waals surface area contributed by atoms with E-state index in [9.17, 15) is 0 Å². The lowest BCUT2D eigenvalue weighted by Gasteiger charge is -2.29. The molecule has 2 unspecified atom stereocenters. The monoisotopic (exact) mass is 315 g/mol. The second-order valence-electron chi connectivity index (χ2n) is 7.66. The number of hydrogen-bond donors (Lipinski definition) is 1. The highest BCUT2D eigenvalue weighted by molar-refractivity contribution is 5.39. The third kappa shape index (κ3) is 7.72. The largest absolute Gasteiger partial charge is 0.404 e. The van der Waals surface area contributed by atoms with Crippen molar-refractivity contribution in [2.75, 3.05) is 0 Å². The first kappa shape index (κ1) is 19.8. The molecule has 2 atom stereocenters. The van der Waals surface area contributed by atoms with Gasteiger partial charge < -0.3 is 5.73 Å². The van der Waals surface area contributed by atoms with E-state index in [0.717, 1.165) is 17.4 Å². The summed E-state index contributed by atoms with van der Waals surface area (Å²) in [6.45, 7) is 11.1. The first-order valence-electron chi connectivity index (χ1n) is 9.36. The molecule has 0 aromatic heterocycles. The lowest BCUT2D eigenvalue weighted by Crippen LogP contribution is -2.17. The fourth-order valence-electron chi connectivity index (χ4n) is 3.62. The van der Waals surface area contributed by atoms with E-state index in [-0.39, 0.29) is 0 Å². The van der Waals surface area contributed by atoms with Crippen LogP contribution in [0.2, 0.25) is 0 Å². The zero-order valence-electron chi connectivity index (χ0n) is 15.9. The predicted octanol–water partition coefficient (Wildman–Crippen LogP) is 6.54. The summed E-state index contributed by atoms with van der Waals surface area (Å²) in [5.41, 5.74) is 9.47. The van der Waals surface area contributed by atoms with Crippen LogP contribution in [0.3, 0.4) is 0 Å². The summed E-state index contributed by atoms with van der Waals surface area (Å²) < 4.78 is 0. The van der Waals surface area contributed by atoms with Crippen LogP contribution in [-0.2, 0) is 0 Å². The van der Waals surface area contributed by atoms with E-state index in [1.54, 1.807) is 6.20 Å². The maximum atomic E-state index is 5.75. The molecular formula is C22H37N. The Hall–Kier alpha value is -1.24. The van der Waals surface area contributed by atoms with Gasteiger partial charge in [-0.05, 0) is 62.3 Å². The topological polar surface area (TPSA) is 26.0 Å². The fraction of sp³-hybridized carbons (Fsp3) is 0.636. The maximum Gasteiger partial charge on any atom is -0.00266 e. The molecule has 1 rings (SSSR count). The third-order valence-electron chi connectivity index (χ3n) is 5.07. The van der Waals surface area contributed by atoms with Gasteiger partial charge >= 0.3 is 0 Å². The van der Waals surface area contributed by atoms with E-state index in [2.05, 4.69) is 58.9 Å². The smallest absolute Gasteiger partial charge is 0.00266 e. The van der Waals surface area contributed by atoms with Crippen LogP contribution in [0.5, 0.6) is 0 Å². The molecule has 23 heavy (non-hydrogen) atoms. The van der Waals surface area contributed by atoms with Crippen molar-refractivity contribution >= 4 is 0 Å². The van der Waals surface area contributed by atoms with E-state index >= 15 is 0 Å². The summed E-state index contributed by atoms with van der Waals surface area (Å²) >= 11 is 0. The van der Waals surface area contributed by atoms with Gasteiger partial charge in [-0.3, -0.25) is 0 Å². The first-order valence-corrected chi connectivity index (χ1v) is 9.36. The summed E-state index contributed by atoms with van der Waals surface area (Å²) in [5.74, 6) is 2.36. The number of allylic oxidation sites excluding steroid dienone is 7. The minimum Gasteiger partial charge on any atom is -0.404 e. The van der Waals surface area contributed by atoms with E-state index in [0.29, 0.717) is 5.92 Å². The molecule has 1 nitrogen and oxygen atoms in total. The second-order valence-corrected chi connectivity index (χ2v) is 7.66. The van der Waals surface area contributed by atoms with Gasteiger partial charge in [-0.2, -0.15) is 0 Å². The highest BCUT2D eigenvalue weighted by Gasteiger charge is 2.21. The minimum absolute atomic E-state index is 0.591. The Balaban J connectivity index is 2.72. The normalized spacial score (nSPS) is 20.6. The molecular weight excluding hydrogens is 278 g/mol. The van der Waals surface area contributed by atoms with Gasteiger partial charge in [0.25, 0.3) is 0 Å². The Morgan fingerprint density at radius 3 is 2.30 bits per heavy atom. The van der Waals surface area contributed by atoms with Crippen molar-refractivity contribution < 1.29 is 0 Å². The lowest BCUT2D eigenvalue weighted by atomic mass is 9.77. The third-order valence-corrected chi connectivity index (χ3v) is 5.07. The summed E-state index contributed by atoms with van der Waals surface area (Å²) in [7, 11) is 0. The second kappa shape index (κ2) is 10.5. The van der Waals surface area contributed by atoms with Crippen molar-refractivity contribution in [2.45, 2.75) is 73.1 Å². The molecule has 0 bridgehead atoms. The van der Waals surface area contributed by atoms with Crippen LogP contribution in [0.4, 0.5) is 0 Å². The number of nitrogens with two attached hydrogens (primary N) is 1. The van der Waals surface area contributed by atoms with Crippen LogP contribution < -0.4 is 5.73 Å². The Kier molecular flexibility index (Phi) is 9.06. The van der Waals surface area contributed by atoms with Crippen molar-refractivity contribution in [3.8, 4) is 0 Å². The maximum absolute atomic E-state index is 5.75. The van der Waals surface area contributed by atoms with E-state index < -0.39 is 0 Å². The summed E-state index contributed by atoms with van der Waals surface area (Å²) in [6, 6.07) is 0. The molecule has 1 fully saturated rings. The highest BCUT2D eigenvalue weighted by Crippen LogP contribution is 2.33. The van der Waals surface area contributed by atoms with Crippen molar-refractivity contribution in [3.63, 3.8) is 0 Å². The van der Waals surface area contributed by atoms with Crippen molar-refractivity contribution in [1.82, 2.24) is 0 Å². The van der Waals surface area contributed by atoms with Gasteiger partial charge in [0.1, 0.15) is 0 Å². The van der Waals surface area contributed by atoms with Crippen LogP contribution in [0.25, 0.3) is 0 Å². The van der Waals surface area contributed by atoms with Crippen molar-refractivity contribution in [2.24, 2.45) is 23.5 Å². The number of hydrogen-bond acceptors (Lipinski definition) is 1. The lowest BCUT2D eigenvalue weighted by molar-refractivity contribution is 0.239. The Morgan fingerprint density at radius 1 is 1.09 bits per heavy atom. The summed E-state index contributed by atoms with van der Waals surface area (Å²) in [4.78, 5) is 0. The van der Waals surface area contributed by atoms with E-state index in [1.807, 2.05) is 0 Å². The molecule has 0 aromatic carbocycles. The van der Waals surface area contributed by atoms with Gasteiger partial charge in [-0.15, -0.1) is 0 Å². The molecule has 0 heterocycles. The molecule has 130 valence electrons. The molecule has 0 aliphatic heterocycles. The average Bonchev–Trinajstić information content (AvgIpc) is 2.53. The first-order chi connectivity index (χ1) is 10.9. The molecule has 0 aromatic rings. The van der Waals surface area contributed by atoms with Crippen LogP contribution >= 0.6 is 0 Å². The van der Waals surface area contributed by atoms with Gasteiger partial charge in [-0.1, -0.05) is 75.8 Å². The number of rotatable bonds is 7. The standard InChI is InChI=1S/C22H37N/c1-17(2)10-9-13-22(20(5)16-23)15-18(3)14-19(4)21-11-7-6-8-12-21/h9-10,13,15-16,18-19,21H,6-8,11-12,14,23H2,1-5H3/b13-9-,20-16+,22-15-. The van der Waals surface area contributed by atoms with Gasteiger partial charge in [0.15, 0.2) is 0 Å². The quantitative estimate of drug-likeness (QED) is 0.530. The van der Waals surface area contributed by atoms with Crippen LogP contribution in [0.1, 0.15) is 73.1 Å². The zero-order valence-corrected chi connectivity index (χ0v) is 15.9. The molecule has 1 heteroatoms. The molecule has 1 aliphatic carbocycles. The Morgan fingerprint density at radius 2 is 1.74 bits per heavy atom. The van der Waals surface area contributed by atoms with Crippen LogP contribution in [-0.4, -0.2) is 0 Å². The minimum atomic E-state index is 0.591. The average molecular weight is 316 g/mol. The summed E-state index contributed by atoms with van der Waals surface area (Å²) in [6.07, 6.45) is 19.0. The SMILES string of the molecule is CC(C)=C\C=C/C(=C/C(C)CC(C)C1CCCCC1)C(/C)=C/N. The summed E-state index contributed by atoms with van der Waals surface area (Å²) in [5, 5.41) is 0. The zero-order chi connectivity index (χ0) is 17.2. The van der Waals surface area contributed by atoms with E-state index in [1.165, 1.54) is 49.7 Å². The highest BCUT2D eigenvalue weighted by atomic mass is 14.5. The van der Waals surface area contributed by atoms with Crippen molar-refractivity contribution in [1.29, 1.82) is 0 Å². The van der Waals surface area contributed by atoms with Crippen LogP contribution in [0.15, 0.2) is 47.2 Å². The molecule has 0 spiro atoms. The Bertz CT molecular complexity index is 454. The molecule has 2 N–H and O–H groups in total. The molecule has 0 amide bonds. The predicted molar refractivity (Wildman–Crippen MR) is 104 cm³/mol. The molecule has 1 aliphatic rings. The van der Waals surface area contributed by atoms with Crippen LogP contribution in [0, 0.1) is 17.8 Å². The van der Waals surface area contributed by atoms with Gasteiger partial charge in [-0.25, -0.2) is 0 Å². The van der Waals surface area contributed by atoms with Gasteiger partial charge in [0, 0.05) is 0 Å². The van der Waals surface area contributed by atoms with Gasteiger partial charge in [0.2, 0.25) is 0 Å².